The highest BCUT2D eigenvalue weighted by Crippen LogP contribution is 2.46. The fourth-order valence-corrected chi connectivity index (χ4v) is 5.94. The number of nitrogens with zero attached hydrogens (tertiary/aromatic N) is 3. The van der Waals surface area contributed by atoms with Crippen molar-refractivity contribution in [3.05, 3.63) is 30.1 Å². The number of likely N-dealkylation sites (tertiary alicyclic amines) is 2. The molecular weight excluding hydrogens is 572 g/mol. The molecule has 1 amide bonds. The molecule has 3 aliphatic heterocycles. The Morgan fingerprint density at radius 3 is 2.08 bits per heavy atom. The summed E-state index contributed by atoms with van der Waals surface area (Å²) < 4.78 is 69.8. The van der Waals surface area contributed by atoms with E-state index < -0.39 is 24.3 Å². The van der Waals surface area contributed by atoms with E-state index in [2.05, 4.69) is 27.8 Å². The summed E-state index contributed by atoms with van der Waals surface area (Å²) in [6.45, 7) is 7.91. The van der Waals surface area contributed by atoms with E-state index in [0.29, 0.717) is 18.6 Å². The minimum Gasteiger partial charge on any atom is -0.475 e. The summed E-state index contributed by atoms with van der Waals surface area (Å²) >= 11 is 2.00. The molecule has 1 spiro atoms. The van der Waals surface area contributed by atoms with Crippen molar-refractivity contribution >= 4 is 29.6 Å². The zero-order valence-corrected chi connectivity index (χ0v) is 22.4. The quantitative estimate of drug-likeness (QED) is 0.486. The molecule has 1 aromatic heterocycles. The number of carboxylic acids is 2. The molecule has 3 saturated heterocycles. The summed E-state index contributed by atoms with van der Waals surface area (Å²) in [7, 11) is 0. The van der Waals surface area contributed by atoms with Gasteiger partial charge in [0.05, 0.1) is 17.5 Å². The van der Waals surface area contributed by atoms with Crippen LogP contribution in [-0.2, 0) is 25.7 Å². The molecule has 226 valence electrons. The second-order valence-corrected chi connectivity index (χ2v) is 11.0. The maximum atomic E-state index is 12.8. The molecular formula is C24H31F6N3O6S. The highest BCUT2D eigenvalue weighted by molar-refractivity contribution is 8.01. The van der Waals surface area contributed by atoms with Crippen LogP contribution >= 0.6 is 11.8 Å². The van der Waals surface area contributed by atoms with Gasteiger partial charge in [-0.2, -0.15) is 26.3 Å². The molecule has 2 N–H and O–H groups in total. The number of aromatic nitrogens is 1. The van der Waals surface area contributed by atoms with Gasteiger partial charge >= 0.3 is 24.3 Å². The lowest BCUT2D eigenvalue weighted by atomic mass is 9.88. The third-order valence-electron chi connectivity index (χ3n) is 6.52. The number of pyridine rings is 1. The Kier molecular flexibility index (Phi) is 12.1. The maximum Gasteiger partial charge on any atom is 0.490 e. The van der Waals surface area contributed by atoms with E-state index >= 15 is 0 Å². The molecule has 1 atom stereocenters. The van der Waals surface area contributed by atoms with Gasteiger partial charge in [-0.15, -0.1) is 11.8 Å². The van der Waals surface area contributed by atoms with Gasteiger partial charge in [0.1, 0.15) is 0 Å². The number of thioether (sulfide) groups is 1. The van der Waals surface area contributed by atoms with Crippen LogP contribution in [0, 0.1) is 5.92 Å². The predicted molar refractivity (Wildman–Crippen MR) is 131 cm³/mol. The Bertz CT molecular complexity index is 960. The van der Waals surface area contributed by atoms with Gasteiger partial charge in [-0.3, -0.25) is 9.78 Å². The van der Waals surface area contributed by atoms with Gasteiger partial charge in [0.25, 0.3) is 0 Å². The van der Waals surface area contributed by atoms with E-state index in [9.17, 15) is 31.1 Å². The summed E-state index contributed by atoms with van der Waals surface area (Å²) in [5.41, 5.74) is 1.13. The first-order valence-corrected chi connectivity index (χ1v) is 13.3. The van der Waals surface area contributed by atoms with E-state index in [0.717, 1.165) is 63.3 Å². The highest BCUT2D eigenvalue weighted by Gasteiger charge is 2.51. The van der Waals surface area contributed by atoms with Crippen molar-refractivity contribution < 1.29 is 55.7 Å². The van der Waals surface area contributed by atoms with Gasteiger partial charge < -0.3 is 24.7 Å². The van der Waals surface area contributed by atoms with Gasteiger partial charge in [-0.1, -0.05) is 13.0 Å². The molecule has 0 saturated carbocycles. The number of carboxylic acid groups (broad SMARTS) is 2. The topological polar surface area (TPSA) is 120 Å². The third-order valence-corrected chi connectivity index (χ3v) is 8.10. The van der Waals surface area contributed by atoms with Crippen LogP contribution in [0.25, 0.3) is 0 Å². The first kappa shape index (κ1) is 33.6. The number of aliphatic carboxylic acids is 2. The molecule has 1 aromatic rings. The van der Waals surface area contributed by atoms with Crippen LogP contribution in [0.5, 0.6) is 0 Å². The number of halogens is 6. The second-order valence-electron chi connectivity index (χ2n) is 9.50. The average Bonchev–Trinajstić information content (AvgIpc) is 3.31. The molecule has 1 unspecified atom stereocenters. The molecule has 3 fully saturated rings. The lowest BCUT2D eigenvalue weighted by molar-refractivity contribution is -0.193. The molecule has 40 heavy (non-hydrogen) atoms. The van der Waals surface area contributed by atoms with E-state index in [1.807, 2.05) is 24.0 Å². The van der Waals surface area contributed by atoms with Gasteiger partial charge in [-0.25, -0.2) is 9.59 Å². The van der Waals surface area contributed by atoms with Crippen molar-refractivity contribution in [1.82, 2.24) is 14.8 Å². The Morgan fingerprint density at radius 2 is 1.62 bits per heavy atom. The summed E-state index contributed by atoms with van der Waals surface area (Å²) in [5, 5.41) is 14.2. The summed E-state index contributed by atoms with van der Waals surface area (Å²) in [4.78, 5) is 39.2. The fourth-order valence-electron chi connectivity index (χ4n) is 4.39. The molecule has 0 bridgehead atoms. The zero-order valence-electron chi connectivity index (χ0n) is 21.6. The van der Waals surface area contributed by atoms with Crippen molar-refractivity contribution in [1.29, 1.82) is 0 Å². The third kappa shape index (κ3) is 10.4. The molecule has 4 heterocycles. The Labute approximate surface area is 230 Å². The fraction of sp³-hybridized carbons (Fsp3) is 0.667. The molecule has 9 nitrogen and oxygen atoms in total. The van der Waals surface area contributed by atoms with Crippen LogP contribution in [0.2, 0.25) is 0 Å². The normalized spacial score (nSPS) is 21.0. The molecule has 16 heteroatoms. The monoisotopic (exact) mass is 603 g/mol. The number of ether oxygens (including phenoxy) is 1. The number of hydrogen-bond acceptors (Lipinski definition) is 7. The van der Waals surface area contributed by atoms with E-state index in [4.69, 9.17) is 24.5 Å². The van der Waals surface area contributed by atoms with Gasteiger partial charge in [-0.05, 0) is 50.5 Å². The van der Waals surface area contributed by atoms with Gasteiger partial charge in [0, 0.05) is 37.2 Å². The van der Waals surface area contributed by atoms with Gasteiger partial charge in [0.15, 0.2) is 0 Å². The second kappa shape index (κ2) is 14.3. The number of rotatable bonds is 5. The van der Waals surface area contributed by atoms with Crippen molar-refractivity contribution in [3.8, 4) is 0 Å². The Hall–Kier alpha value is -2.59. The van der Waals surface area contributed by atoms with E-state index in [-0.39, 0.29) is 10.7 Å². The number of hydrogen-bond donors (Lipinski definition) is 2. The smallest absolute Gasteiger partial charge is 0.475 e. The van der Waals surface area contributed by atoms with Crippen molar-refractivity contribution in [2.24, 2.45) is 5.92 Å². The molecule has 0 aliphatic carbocycles. The van der Waals surface area contributed by atoms with Crippen LogP contribution in [-0.4, -0.2) is 105 Å². The van der Waals surface area contributed by atoms with Crippen molar-refractivity contribution in [2.45, 2.75) is 56.0 Å². The van der Waals surface area contributed by atoms with Crippen LogP contribution in [0.3, 0.4) is 0 Å². The first-order chi connectivity index (χ1) is 18.6. The zero-order chi connectivity index (χ0) is 30.1. The number of amides is 1. The standard InChI is InChI=1S/C20H29N3O2S.2C2HF3O2/c1-2-22-8-5-17(6-9-22)19(24)23-14-20(15-23)10-18(13-26-20)25-12-16-4-3-7-21-11-16;2*3-2(4,5)1(6)7/h3-4,7,11,17-18H,2,5-6,8-10,12-15H2,1H3;2*(H,6,7). The van der Waals surface area contributed by atoms with Crippen LogP contribution < -0.4 is 0 Å². The molecule has 0 aromatic carbocycles. The summed E-state index contributed by atoms with van der Waals surface area (Å²) in [6, 6.07) is 4.00. The van der Waals surface area contributed by atoms with Gasteiger partial charge in [0.2, 0.25) is 5.91 Å². The van der Waals surface area contributed by atoms with Crippen molar-refractivity contribution in [2.75, 3.05) is 38.5 Å². The average molecular weight is 604 g/mol. The Balaban J connectivity index is 0.000000333. The summed E-state index contributed by atoms with van der Waals surface area (Å²) in [5.74, 6) is -3.83. The largest absolute Gasteiger partial charge is 0.490 e. The minimum atomic E-state index is -5.08. The predicted octanol–water partition coefficient (Wildman–Crippen LogP) is 3.68. The number of carbonyl (C=O) groups excluding carboxylic acids is 1. The molecule has 0 radical (unpaired) electrons. The van der Waals surface area contributed by atoms with Crippen LogP contribution in [0.15, 0.2) is 24.5 Å². The SMILES string of the molecule is CCN1CCC(C(=O)N2CC3(CC(OCc4cccnc4)CS3)C2)CC1.O=C(O)C(F)(F)F.O=C(O)C(F)(F)F. The van der Waals surface area contributed by atoms with Crippen LogP contribution in [0.4, 0.5) is 26.3 Å². The van der Waals surface area contributed by atoms with Crippen molar-refractivity contribution in [3.63, 3.8) is 0 Å². The number of carbonyl (C=O) groups is 3. The lowest BCUT2D eigenvalue weighted by Crippen LogP contribution is -2.62. The number of piperidine rings is 1. The maximum absolute atomic E-state index is 12.8. The number of alkyl halides is 6. The lowest BCUT2D eigenvalue weighted by Gasteiger charge is -2.49. The first-order valence-electron chi connectivity index (χ1n) is 12.3. The Morgan fingerprint density at radius 1 is 1.07 bits per heavy atom. The molecule has 3 aliphatic rings. The van der Waals surface area contributed by atoms with Crippen LogP contribution in [0.1, 0.15) is 31.7 Å². The summed E-state index contributed by atoms with van der Waals surface area (Å²) in [6.07, 6.45) is -3.09. The van der Waals surface area contributed by atoms with E-state index in [1.54, 1.807) is 6.20 Å². The highest BCUT2D eigenvalue weighted by atomic mass is 32.2. The molecule has 4 rings (SSSR count). The van der Waals surface area contributed by atoms with E-state index in [1.165, 1.54) is 0 Å². The minimum absolute atomic E-state index is 0.249.